The highest BCUT2D eigenvalue weighted by Crippen LogP contribution is 2.08. The Labute approximate surface area is 122 Å². The third kappa shape index (κ3) is 4.63. The first-order chi connectivity index (χ1) is 9.63. The van der Waals surface area contributed by atoms with E-state index >= 15 is 0 Å². The number of piperazine rings is 1. The molecule has 0 radical (unpaired) electrons. The molecule has 1 aliphatic heterocycles. The van der Waals surface area contributed by atoms with E-state index in [0.29, 0.717) is 13.1 Å². The number of carbonyl (C=O) groups excluding carboxylic acids is 2. The maximum atomic E-state index is 12.3. The molecule has 1 saturated heterocycles. The van der Waals surface area contributed by atoms with Gasteiger partial charge in [0.15, 0.2) is 0 Å². The van der Waals surface area contributed by atoms with Crippen molar-refractivity contribution in [2.24, 2.45) is 0 Å². The summed E-state index contributed by atoms with van der Waals surface area (Å²) in [6, 6.07) is -0.382. The van der Waals surface area contributed by atoms with E-state index in [1.807, 2.05) is 4.90 Å². The Hall–Kier alpha value is -1.36. The number of rotatable bonds is 8. The zero-order valence-corrected chi connectivity index (χ0v) is 12.7. The van der Waals surface area contributed by atoms with Crippen molar-refractivity contribution in [1.29, 1.82) is 0 Å². The maximum Gasteiger partial charge on any atom is 0.240 e. The summed E-state index contributed by atoms with van der Waals surface area (Å²) >= 11 is 0. The van der Waals surface area contributed by atoms with Gasteiger partial charge in [-0.25, -0.2) is 0 Å². The van der Waals surface area contributed by atoms with Crippen LogP contribution in [0, 0.1) is 0 Å². The molecule has 5 nitrogen and oxygen atoms in total. The van der Waals surface area contributed by atoms with Crippen molar-refractivity contribution >= 4 is 11.8 Å². The van der Waals surface area contributed by atoms with Crippen LogP contribution in [0.15, 0.2) is 12.7 Å². The molecule has 1 fully saturated rings. The predicted octanol–water partition coefficient (Wildman–Crippen LogP) is 1.01. The Balaban J connectivity index is 2.58. The lowest BCUT2D eigenvalue weighted by molar-refractivity contribution is -0.140. The van der Waals surface area contributed by atoms with Crippen molar-refractivity contribution in [2.45, 2.75) is 39.2 Å². The first-order valence-electron chi connectivity index (χ1n) is 7.54. The molecule has 1 heterocycles. The molecule has 0 aliphatic carbocycles. The van der Waals surface area contributed by atoms with E-state index in [4.69, 9.17) is 0 Å². The van der Waals surface area contributed by atoms with Gasteiger partial charge in [0.2, 0.25) is 11.8 Å². The van der Waals surface area contributed by atoms with E-state index in [1.165, 1.54) is 0 Å². The summed E-state index contributed by atoms with van der Waals surface area (Å²) < 4.78 is 0. The van der Waals surface area contributed by atoms with Crippen molar-refractivity contribution < 1.29 is 9.59 Å². The Bertz CT molecular complexity index is 338. The second kappa shape index (κ2) is 8.74. The van der Waals surface area contributed by atoms with Crippen LogP contribution in [0.4, 0.5) is 0 Å². The number of hydrogen-bond acceptors (Lipinski definition) is 3. The molecule has 5 heteroatoms. The largest absolute Gasteiger partial charge is 0.343 e. The molecule has 0 aromatic carbocycles. The number of nitrogens with one attached hydrogen (secondary N) is 1. The normalized spacial score (nSPS) is 19.0. The lowest BCUT2D eigenvalue weighted by Gasteiger charge is -2.33. The Morgan fingerprint density at radius 1 is 1.45 bits per heavy atom. The van der Waals surface area contributed by atoms with Gasteiger partial charge in [-0.2, -0.15) is 0 Å². The van der Waals surface area contributed by atoms with Gasteiger partial charge in [0.1, 0.15) is 0 Å². The van der Waals surface area contributed by atoms with Crippen molar-refractivity contribution in [3.05, 3.63) is 12.7 Å². The Morgan fingerprint density at radius 3 is 2.65 bits per heavy atom. The van der Waals surface area contributed by atoms with Gasteiger partial charge < -0.3 is 15.1 Å². The molecule has 0 bridgehead atoms. The second-order valence-corrected chi connectivity index (χ2v) is 5.16. The van der Waals surface area contributed by atoms with E-state index < -0.39 is 0 Å². The van der Waals surface area contributed by atoms with Gasteiger partial charge in [-0.1, -0.05) is 19.9 Å². The summed E-state index contributed by atoms with van der Waals surface area (Å²) in [5.41, 5.74) is 0. The van der Waals surface area contributed by atoms with Crippen molar-refractivity contribution in [3.8, 4) is 0 Å². The molecule has 114 valence electrons. The van der Waals surface area contributed by atoms with Crippen LogP contribution < -0.4 is 5.32 Å². The van der Waals surface area contributed by atoms with Crippen LogP contribution >= 0.6 is 0 Å². The molecule has 1 aliphatic rings. The van der Waals surface area contributed by atoms with Gasteiger partial charge in [-0.3, -0.25) is 9.59 Å². The fourth-order valence-corrected chi connectivity index (χ4v) is 2.49. The van der Waals surface area contributed by atoms with Crippen molar-refractivity contribution in [3.63, 3.8) is 0 Å². The monoisotopic (exact) mass is 281 g/mol. The van der Waals surface area contributed by atoms with Gasteiger partial charge >= 0.3 is 0 Å². The number of nitrogens with zero attached hydrogens (tertiary/aromatic N) is 2. The van der Waals surface area contributed by atoms with Gasteiger partial charge in [-0.05, 0) is 12.8 Å². The third-order valence-electron chi connectivity index (χ3n) is 3.45. The minimum absolute atomic E-state index is 0.0115. The first kappa shape index (κ1) is 16.7. The number of amides is 2. The van der Waals surface area contributed by atoms with Crippen LogP contribution in [-0.4, -0.2) is 60.4 Å². The predicted molar refractivity (Wildman–Crippen MR) is 80.3 cm³/mol. The standard InChI is InChI=1S/C15H27N3O2/c1-4-8-17(9-5-2)14(19)12-13-15(20)18(10-6-3)11-7-16-13/h6,13,16H,3-5,7-12H2,1-2H3. The molecule has 2 amide bonds. The molecular formula is C15H27N3O2. The highest BCUT2D eigenvalue weighted by atomic mass is 16.2. The van der Waals surface area contributed by atoms with Crippen LogP contribution in [-0.2, 0) is 9.59 Å². The van der Waals surface area contributed by atoms with Gasteiger partial charge in [0.25, 0.3) is 0 Å². The lowest BCUT2D eigenvalue weighted by Crippen LogP contribution is -2.56. The summed E-state index contributed by atoms with van der Waals surface area (Å²) in [7, 11) is 0. The molecule has 1 unspecified atom stereocenters. The number of carbonyl (C=O) groups is 2. The van der Waals surface area contributed by atoms with E-state index in [9.17, 15) is 9.59 Å². The molecule has 1 N–H and O–H groups in total. The second-order valence-electron chi connectivity index (χ2n) is 5.16. The van der Waals surface area contributed by atoms with E-state index in [0.717, 1.165) is 32.5 Å². The SMILES string of the molecule is C=CCN1CCNC(CC(=O)N(CCC)CCC)C1=O. The van der Waals surface area contributed by atoms with Gasteiger partial charge in [-0.15, -0.1) is 6.58 Å². The Morgan fingerprint density at radius 2 is 2.10 bits per heavy atom. The molecule has 0 aromatic heterocycles. The third-order valence-corrected chi connectivity index (χ3v) is 3.45. The first-order valence-corrected chi connectivity index (χ1v) is 7.54. The molecule has 1 rings (SSSR count). The quantitative estimate of drug-likeness (QED) is 0.676. The van der Waals surface area contributed by atoms with E-state index in [2.05, 4.69) is 25.7 Å². The van der Waals surface area contributed by atoms with Crippen LogP contribution in [0.5, 0.6) is 0 Å². The molecule has 0 spiro atoms. The van der Waals surface area contributed by atoms with Crippen LogP contribution in [0.25, 0.3) is 0 Å². The average molecular weight is 281 g/mol. The zero-order chi connectivity index (χ0) is 15.0. The van der Waals surface area contributed by atoms with Crippen molar-refractivity contribution in [2.75, 3.05) is 32.7 Å². The van der Waals surface area contributed by atoms with Gasteiger partial charge in [0.05, 0.1) is 12.5 Å². The van der Waals surface area contributed by atoms with Gasteiger partial charge in [0, 0.05) is 32.7 Å². The minimum Gasteiger partial charge on any atom is -0.343 e. The lowest BCUT2D eigenvalue weighted by atomic mass is 10.1. The number of hydrogen-bond donors (Lipinski definition) is 1. The molecule has 0 saturated carbocycles. The molecule has 0 aromatic rings. The maximum absolute atomic E-state index is 12.3. The van der Waals surface area contributed by atoms with E-state index in [1.54, 1.807) is 11.0 Å². The fraction of sp³-hybridized carbons (Fsp3) is 0.733. The van der Waals surface area contributed by atoms with Crippen LogP contribution in [0.1, 0.15) is 33.1 Å². The average Bonchev–Trinajstić information content (AvgIpc) is 2.43. The summed E-state index contributed by atoms with van der Waals surface area (Å²) in [6.07, 6.45) is 3.87. The van der Waals surface area contributed by atoms with Crippen LogP contribution in [0.3, 0.4) is 0 Å². The Kier molecular flexibility index (Phi) is 7.30. The summed E-state index contributed by atoms with van der Waals surface area (Å²) in [5, 5.41) is 3.15. The molecular weight excluding hydrogens is 254 g/mol. The summed E-state index contributed by atoms with van der Waals surface area (Å²) in [6.45, 7) is 11.3. The zero-order valence-electron chi connectivity index (χ0n) is 12.7. The fourth-order valence-electron chi connectivity index (χ4n) is 2.49. The van der Waals surface area contributed by atoms with Crippen LogP contribution in [0.2, 0.25) is 0 Å². The van der Waals surface area contributed by atoms with Crippen molar-refractivity contribution in [1.82, 2.24) is 15.1 Å². The molecule has 1 atom stereocenters. The summed E-state index contributed by atoms with van der Waals surface area (Å²) in [5.74, 6) is 0.0810. The smallest absolute Gasteiger partial charge is 0.240 e. The molecule has 20 heavy (non-hydrogen) atoms. The topological polar surface area (TPSA) is 52.7 Å². The minimum atomic E-state index is -0.382. The highest BCUT2D eigenvalue weighted by molar-refractivity contribution is 5.89. The summed E-state index contributed by atoms with van der Waals surface area (Å²) in [4.78, 5) is 28.1. The highest BCUT2D eigenvalue weighted by Gasteiger charge is 2.30. The van der Waals surface area contributed by atoms with E-state index in [-0.39, 0.29) is 24.3 Å².